The molecule has 1 aliphatic heterocycles. The number of nitrogens with two attached hydrogens (primary N) is 1. The van der Waals surface area contributed by atoms with Gasteiger partial charge in [0, 0.05) is 29.3 Å². The molecule has 3 atom stereocenters. The van der Waals surface area contributed by atoms with Gasteiger partial charge in [0.05, 0.1) is 16.8 Å². The fourth-order valence-electron chi connectivity index (χ4n) is 2.52. The van der Waals surface area contributed by atoms with Crippen LogP contribution in [-0.2, 0) is 4.79 Å². The van der Waals surface area contributed by atoms with E-state index < -0.39 is 0 Å². The summed E-state index contributed by atoms with van der Waals surface area (Å²) in [7, 11) is 0. The molecule has 6 heteroatoms. The number of hydrogen-bond acceptors (Lipinski definition) is 4. The van der Waals surface area contributed by atoms with Crippen molar-refractivity contribution < 1.29 is 4.79 Å². The quantitative estimate of drug-likeness (QED) is 0.838. The number of halogens is 1. The fraction of sp³-hybridized carbons (Fsp3) is 0.533. The first-order valence-corrected chi connectivity index (χ1v) is 8.56. The maximum atomic E-state index is 12.4. The number of nitrogen functional groups attached to an aromatic ring is 1. The number of benzene rings is 1. The van der Waals surface area contributed by atoms with Crippen molar-refractivity contribution in [3.63, 3.8) is 0 Å². The molecule has 1 heterocycles. The second-order valence-electron chi connectivity index (χ2n) is 5.46. The molecule has 1 amide bonds. The van der Waals surface area contributed by atoms with Crippen molar-refractivity contribution in [2.45, 2.75) is 38.1 Å². The molecule has 2 rings (SSSR count). The Labute approximate surface area is 135 Å². The normalized spacial score (nSPS) is 24.6. The standard InChI is InChI=1S/C15H22ClN3OS/c1-9-11(3)21-7-6-19(9)10(2)15(20)18-12-4-5-13(16)14(17)8-12/h4-5,8-11H,6-7,17H2,1-3H3,(H,18,20). The van der Waals surface area contributed by atoms with Crippen molar-refractivity contribution in [3.8, 4) is 0 Å². The predicted molar refractivity (Wildman–Crippen MR) is 92.0 cm³/mol. The van der Waals surface area contributed by atoms with Crippen LogP contribution in [0.3, 0.4) is 0 Å². The van der Waals surface area contributed by atoms with E-state index in [0.29, 0.717) is 27.7 Å². The highest BCUT2D eigenvalue weighted by Gasteiger charge is 2.31. The summed E-state index contributed by atoms with van der Waals surface area (Å²) in [5.74, 6) is 1.06. The number of amides is 1. The lowest BCUT2D eigenvalue weighted by Gasteiger charge is -2.40. The number of thioether (sulfide) groups is 1. The third-order valence-corrected chi connectivity index (χ3v) is 5.76. The Kier molecular flexibility index (Phi) is 5.41. The lowest BCUT2D eigenvalue weighted by atomic mass is 10.1. The van der Waals surface area contributed by atoms with Crippen molar-refractivity contribution in [1.29, 1.82) is 0 Å². The molecular formula is C15H22ClN3OS. The average molecular weight is 328 g/mol. The Balaban J connectivity index is 2.03. The molecule has 0 saturated carbocycles. The third kappa shape index (κ3) is 3.84. The van der Waals surface area contributed by atoms with E-state index in [9.17, 15) is 4.79 Å². The molecule has 1 saturated heterocycles. The average Bonchev–Trinajstić information content (AvgIpc) is 2.45. The zero-order valence-electron chi connectivity index (χ0n) is 12.6. The van der Waals surface area contributed by atoms with Gasteiger partial charge in [0.2, 0.25) is 5.91 Å². The van der Waals surface area contributed by atoms with Crippen molar-refractivity contribution in [2.75, 3.05) is 23.3 Å². The van der Waals surface area contributed by atoms with Gasteiger partial charge < -0.3 is 11.1 Å². The van der Waals surface area contributed by atoms with E-state index in [1.807, 2.05) is 18.7 Å². The first kappa shape index (κ1) is 16.5. The third-order valence-electron chi connectivity index (χ3n) is 4.07. The summed E-state index contributed by atoms with van der Waals surface area (Å²) >= 11 is 7.85. The summed E-state index contributed by atoms with van der Waals surface area (Å²) in [4.78, 5) is 14.7. The van der Waals surface area contributed by atoms with Crippen molar-refractivity contribution in [1.82, 2.24) is 4.90 Å². The van der Waals surface area contributed by atoms with Gasteiger partial charge in [-0.1, -0.05) is 18.5 Å². The number of nitrogens with one attached hydrogen (secondary N) is 1. The van der Waals surface area contributed by atoms with Gasteiger partial charge in [-0.25, -0.2) is 0 Å². The largest absolute Gasteiger partial charge is 0.397 e. The lowest BCUT2D eigenvalue weighted by Crippen LogP contribution is -2.53. The SMILES string of the molecule is CC1SCCN(C(C)C(=O)Nc2ccc(Cl)c(N)c2)C1C. The summed E-state index contributed by atoms with van der Waals surface area (Å²) in [5, 5.41) is 3.96. The van der Waals surface area contributed by atoms with E-state index in [0.717, 1.165) is 12.3 Å². The molecular weight excluding hydrogens is 306 g/mol. The molecule has 0 radical (unpaired) electrons. The fourth-order valence-corrected chi connectivity index (χ4v) is 3.76. The van der Waals surface area contributed by atoms with Crippen LogP contribution in [0.15, 0.2) is 18.2 Å². The van der Waals surface area contributed by atoms with E-state index in [4.69, 9.17) is 17.3 Å². The summed E-state index contributed by atoms with van der Waals surface area (Å²) in [6, 6.07) is 5.37. The number of carbonyl (C=O) groups excluding carboxylic acids is 1. The Morgan fingerprint density at radius 2 is 2.24 bits per heavy atom. The second kappa shape index (κ2) is 6.90. The van der Waals surface area contributed by atoms with Gasteiger partial charge in [-0.15, -0.1) is 0 Å². The van der Waals surface area contributed by atoms with Crippen LogP contribution < -0.4 is 11.1 Å². The predicted octanol–water partition coefficient (Wildman–Crippen LogP) is 3.08. The maximum absolute atomic E-state index is 12.4. The van der Waals surface area contributed by atoms with Crippen LogP contribution in [0.1, 0.15) is 20.8 Å². The van der Waals surface area contributed by atoms with Crippen molar-refractivity contribution in [3.05, 3.63) is 23.2 Å². The van der Waals surface area contributed by atoms with Crippen LogP contribution >= 0.6 is 23.4 Å². The number of rotatable bonds is 3. The van der Waals surface area contributed by atoms with Crippen LogP contribution in [0.2, 0.25) is 5.02 Å². The van der Waals surface area contributed by atoms with E-state index in [-0.39, 0.29) is 11.9 Å². The molecule has 1 aromatic carbocycles. The molecule has 0 aliphatic carbocycles. The smallest absolute Gasteiger partial charge is 0.241 e. The monoisotopic (exact) mass is 327 g/mol. The number of carbonyl (C=O) groups is 1. The molecule has 1 aromatic rings. The first-order chi connectivity index (χ1) is 9.90. The topological polar surface area (TPSA) is 58.4 Å². The minimum absolute atomic E-state index is 0.0114. The van der Waals surface area contributed by atoms with E-state index in [1.54, 1.807) is 18.2 Å². The summed E-state index contributed by atoms with van der Waals surface area (Å²) in [6.07, 6.45) is 0. The van der Waals surface area contributed by atoms with Gasteiger partial charge in [-0.3, -0.25) is 9.69 Å². The van der Waals surface area contributed by atoms with E-state index >= 15 is 0 Å². The van der Waals surface area contributed by atoms with Gasteiger partial charge in [-0.05, 0) is 32.0 Å². The van der Waals surface area contributed by atoms with Gasteiger partial charge >= 0.3 is 0 Å². The maximum Gasteiger partial charge on any atom is 0.241 e. The number of anilines is 2. The molecule has 1 fully saturated rings. The highest BCUT2D eigenvalue weighted by atomic mass is 35.5. The molecule has 21 heavy (non-hydrogen) atoms. The van der Waals surface area contributed by atoms with Crippen LogP contribution in [-0.4, -0.2) is 40.4 Å². The van der Waals surface area contributed by atoms with Gasteiger partial charge in [-0.2, -0.15) is 11.8 Å². The minimum atomic E-state index is -0.166. The number of hydrogen-bond donors (Lipinski definition) is 2. The van der Waals surface area contributed by atoms with Crippen molar-refractivity contribution >= 4 is 40.6 Å². The van der Waals surface area contributed by atoms with Crippen LogP contribution in [0.4, 0.5) is 11.4 Å². The molecule has 1 aliphatic rings. The Morgan fingerprint density at radius 1 is 1.52 bits per heavy atom. The highest BCUT2D eigenvalue weighted by molar-refractivity contribution is 8.00. The molecule has 0 aromatic heterocycles. The molecule has 3 unspecified atom stereocenters. The first-order valence-electron chi connectivity index (χ1n) is 7.13. The van der Waals surface area contributed by atoms with E-state index in [2.05, 4.69) is 24.1 Å². The van der Waals surface area contributed by atoms with Gasteiger partial charge in [0.25, 0.3) is 0 Å². The summed E-state index contributed by atoms with van der Waals surface area (Å²) < 4.78 is 0. The zero-order valence-corrected chi connectivity index (χ0v) is 14.2. The van der Waals surface area contributed by atoms with Crippen LogP contribution in [0.5, 0.6) is 0 Å². The van der Waals surface area contributed by atoms with Crippen LogP contribution in [0, 0.1) is 0 Å². The molecule has 0 bridgehead atoms. The Hall–Kier alpha value is -0.910. The molecule has 4 nitrogen and oxygen atoms in total. The molecule has 0 spiro atoms. The zero-order chi connectivity index (χ0) is 15.6. The van der Waals surface area contributed by atoms with E-state index in [1.165, 1.54) is 0 Å². The van der Waals surface area contributed by atoms with Gasteiger partial charge in [0.1, 0.15) is 0 Å². The highest BCUT2D eigenvalue weighted by Crippen LogP contribution is 2.27. The molecule has 3 N–H and O–H groups in total. The Bertz CT molecular complexity index is 526. The number of nitrogens with zero attached hydrogens (tertiary/aromatic N) is 1. The summed E-state index contributed by atoms with van der Waals surface area (Å²) in [5.41, 5.74) is 6.91. The summed E-state index contributed by atoms with van der Waals surface area (Å²) in [6.45, 7) is 7.29. The minimum Gasteiger partial charge on any atom is -0.397 e. The lowest BCUT2D eigenvalue weighted by molar-refractivity contribution is -0.121. The van der Waals surface area contributed by atoms with Gasteiger partial charge in [0.15, 0.2) is 0 Å². The van der Waals surface area contributed by atoms with Crippen LogP contribution in [0.25, 0.3) is 0 Å². The second-order valence-corrected chi connectivity index (χ2v) is 7.35. The van der Waals surface area contributed by atoms with Crippen molar-refractivity contribution in [2.24, 2.45) is 0 Å². The molecule has 116 valence electrons. The Morgan fingerprint density at radius 3 is 2.90 bits per heavy atom.